The first kappa shape index (κ1) is 13.2. The molecule has 0 aliphatic carbocycles. The van der Waals surface area contributed by atoms with E-state index < -0.39 is 0 Å². The number of hydrogen-bond acceptors (Lipinski definition) is 6. The van der Waals surface area contributed by atoms with E-state index in [0.717, 1.165) is 24.7 Å². The molecule has 6 heteroatoms. The van der Waals surface area contributed by atoms with E-state index in [0.29, 0.717) is 13.0 Å². The lowest BCUT2D eigenvalue weighted by molar-refractivity contribution is 0.425. The van der Waals surface area contributed by atoms with E-state index >= 15 is 0 Å². The van der Waals surface area contributed by atoms with Crippen molar-refractivity contribution in [2.24, 2.45) is 0 Å². The molecule has 92 valence electrons. The molecule has 0 bridgehead atoms. The van der Waals surface area contributed by atoms with Crippen LogP contribution in [0.2, 0.25) is 0 Å². The van der Waals surface area contributed by atoms with Crippen molar-refractivity contribution in [2.75, 3.05) is 44.4 Å². The predicted octanol–water partition coefficient (Wildman–Crippen LogP) is 0.776. The van der Waals surface area contributed by atoms with Crippen molar-refractivity contribution < 1.29 is 0 Å². The minimum absolute atomic E-state index is 0.466. The molecule has 17 heavy (non-hydrogen) atoms. The largest absolute Gasteiger partial charge is 0.369 e. The van der Waals surface area contributed by atoms with Crippen LogP contribution in [-0.4, -0.2) is 48.6 Å². The first-order valence-electron chi connectivity index (χ1n) is 5.54. The summed E-state index contributed by atoms with van der Waals surface area (Å²) in [5, 5.41) is 14.7. The second kappa shape index (κ2) is 7.41. The third-order valence-corrected chi connectivity index (χ3v) is 2.08. The molecule has 0 saturated carbocycles. The van der Waals surface area contributed by atoms with Gasteiger partial charge < -0.3 is 15.5 Å². The summed E-state index contributed by atoms with van der Waals surface area (Å²) in [6.45, 7) is 2.38. The normalized spacial score (nSPS) is 10.0. The van der Waals surface area contributed by atoms with Crippen molar-refractivity contribution in [3.63, 3.8) is 0 Å². The van der Waals surface area contributed by atoms with Gasteiger partial charge in [-0.2, -0.15) is 5.26 Å². The summed E-state index contributed by atoms with van der Waals surface area (Å²) in [6.07, 6.45) is 1.97. The molecule has 0 aliphatic heterocycles. The van der Waals surface area contributed by atoms with Crippen LogP contribution in [0.5, 0.6) is 0 Å². The van der Waals surface area contributed by atoms with Crippen molar-refractivity contribution in [3.8, 4) is 6.07 Å². The topological polar surface area (TPSA) is 76.9 Å². The van der Waals surface area contributed by atoms with Gasteiger partial charge >= 0.3 is 0 Å². The highest BCUT2D eigenvalue weighted by Gasteiger charge is 1.98. The lowest BCUT2D eigenvalue weighted by atomic mass is 10.4. The number of aromatic nitrogens is 2. The molecule has 0 unspecified atom stereocenters. The molecule has 1 aromatic rings. The second-order valence-electron chi connectivity index (χ2n) is 3.85. The van der Waals surface area contributed by atoms with Crippen LogP contribution in [0.25, 0.3) is 0 Å². The van der Waals surface area contributed by atoms with Gasteiger partial charge in [0, 0.05) is 25.7 Å². The Labute approximate surface area is 102 Å². The maximum absolute atomic E-state index is 8.43. The standard InChI is InChI=1S/C11H18N6/c1-17(2)7-6-14-11-8-10(15-9-16-11)13-5-3-4-12/h8-9H,3,5-7H2,1-2H3,(H2,13,14,15,16). The van der Waals surface area contributed by atoms with Gasteiger partial charge in [0.15, 0.2) is 0 Å². The fourth-order valence-corrected chi connectivity index (χ4v) is 1.20. The molecule has 1 aromatic heterocycles. The Balaban J connectivity index is 2.40. The van der Waals surface area contributed by atoms with Gasteiger partial charge in [-0.05, 0) is 14.1 Å². The molecule has 0 aromatic carbocycles. The number of nitrogens with one attached hydrogen (secondary N) is 2. The first-order chi connectivity index (χ1) is 8.22. The van der Waals surface area contributed by atoms with Gasteiger partial charge in [0.25, 0.3) is 0 Å². The van der Waals surface area contributed by atoms with Crippen molar-refractivity contribution >= 4 is 11.6 Å². The Morgan fingerprint density at radius 3 is 2.47 bits per heavy atom. The zero-order chi connectivity index (χ0) is 12.5. The number of nitriles is 1. The summed E-state index contributed by atoms with van der Waals surface area (Å²) in [7, 11) is 4.05. The summed E-state index contributed by atoms with van der Waals surface area (Å²) in [4.78, 5) is 10.3. The van der Waals surface area contributed by atoms with Crippen LogP contribution < -0.4 is 10.6 Å². The molecule has 0 saturated heterocycles. The van der Waals surface area contributed by atoms with Gasteiger partial charge in [0.1, 0.15) is 18.0 Å². The number of rotatable bonds is 7. The summed E-state index contributed by atoms with van der Waals surface area (Å²) >= 11 is 0. The molecule has 1 heterocycles. The third kappa shape index (κ3) is 5.68. The van der Waals surface area contributed by atoms with Gasteiger partial charge in [-0.15, -0.1) is 0 Å². The molecule has 0 atom stereocenters. The molecule has 0 spiro atoms. The zero-order valence-corrected chi connectivity index (χ0v) is 10.3. The predicted molar refractivity (Wildman–Crippen MR) is 67.8 cm³/mol. The smallest absolute Gasteiger partial charge is 0.131 e. The van der Waals surface area contributed by atoms with Crippen molar-refractivity contribution in [1.82, 2.24) is 14.9 Å². The average Bonchev–Trinajstić information content (AvgIpc) is 2.29. The molecule has 2 N–H and O–H groups in total. The quantitative estimate of drug-likeness (QED) is 0.679. The van der Waals surface area contributed by atoms with E-state index in [2.05, 4.69) is 31.6 Å². The second-order valence-corrected chi connectivity index (χ2v) is 3.85. The molecule has 0 fully saturated rings. The molecule has 0 radical (unpaired) electrons. The fraction of sp³-hybridized carbons (Fsp3) is 0.545. The van der Waals surface area contributed by atoms with Crippen molar-refractivity contribution in [2.45, 2.75) is 6.42 Å². The number of anilines is 2. The minimum Gasteiger partial charge on any atom is -0.369 e. The maximum Gasteiger partial charge on any atom is 0.131 e. The van der Waals surface area contributed by atoms with Crippen LogP contribution in [0, 0.1) is 11.3 Å². The lowest BCUT2D eigenvalue weighted by Crippen LogP contribution is -2.21. The Morgan fingerprint density at radius 2 is 1.88 bits per heavy atom. The summed E-state index contributed by atoms with van der Waals surface area (Å²) in [5.41, 5.74) is 0. The van der Waals surface area contributed by atoms with Crippen molar-refractivity contribution in [1.29, 1.82) is 5.26 Å². The molecule has 0 amide bonds. The number of hydrogen-bond donors (Lipinski definition) is 2. The van der Waals surface area contributed by atoms with Crippen LogP contribution in [0.4, 0.5) is 11.6 Å². The van der Waals surface area contributed by atoms with E-state index in [1.807, 2.05) is 20.2 Å². The van der Waals surface area contributed by atoms with E-state index in [1.165, 1.54) is 6.33 Å². The molecule has 1 rings (SSSR count). The van der Waals surface area contributed by atoms with E-state index in [1.54, 1.807) is 0 Å². The minimum atomic E-state index is 0.466. The Bertz CT molecular complexity index is 370. The van der Waals surface area contributed by atoms with Gasteiger partial charge in [0.2, 0.25) is 0 Å². The fourth-order valence-electron chi connectivity index (χ4n) is 1.20. The highest BCUT2D eigenvalue weighted by molar-refractivity contribution is 5.46. The molecular weight excluding hydrogens is 216 g/mol. The summed E-state index contributed by atoms with van der Waals surface area (Å²) in [6, 6.07) is 3.91. The van der Waals surface area contributed by atoms with Crippen LogP contribution in [0.3, 0.4) is 0 Å². The maximum atomic E-state index is 8.43. The SMILES string of the molecule is CN(C)CCNc1cc(NCCC#N)ncn1. The van der Waals surface area contributed by atoms with Crippen molar-refractivity contribution in [3.05, 3.63) is 12.4 Å². The highest BCUT2D eigenvalue weighted by atomic mass is 15.1. The van der Waals surface area contributed by atoms with E-state index in [4.69, 9.17) is 5.26 Å². The molecular formula is C11H18N6. The lowest BCUT2D eigenvalue weighted by Gasteiger charge is -2.11. The van der Waals surface area contributed by atoms with Gasteiger partial charge in [-0.25, -0.2) is 9.97 Å². The summed E-state index contributed by atoms with van der Waals surface area (Å²) < 4.78 is 0. The van der Waals surface area contributed by atoms with E-state index in [9.17, 15) is 0 Å². The van der Waals surface area contributed by atoms with Gasteiger partial charge in [-0.1, -0.05) is 0 Å². The summed E-state index contributed by atoms with van der Waals surface area (Å²) in [5.74, 6) is 1.53. The molecule has 0 aliphatic rings. The average molecular weight is 234 g/mol. The highest BCUT2D eigenvalue weighted by Crippen LogP contribution is 2.07. The van der Waals surface area contributed by atoms with Crippen LogP contribution in [-0.2, 0) is 0 Å². The number of likely N-dealkylation sites (N-methyl/N-ethyl adjacent to an activating group) is 1. The first-order valence-corrected chi connectivity index (χ1v) is 5.54. The van der Waals surface area contributed by atoms with Gasteiger partial charge in [0.05, 0.1) is 12.5 Å². The Morgan fingerprint density at radius 1 is 1.24 bits per heavy atom. The molecule has 6 nitrogen and oxygen atoms in total. The van der Waals surface area contributed by atoms with Crippen LogP contribution in [0.15, 0.2) is 12.4 Å². The van der Waals surface area contributed by atoms with E-state index in [-0.39, 0.29) is 0 Å². The van der Waals surface area contributed by atoms with Crippen LogP contribution >= 0.6 is 0 Å². The third-order valence-electron chi connectivity index (χ3n) is 2.08. The van der Waals surface area contributed by atoms with Crippen LogP contribution in [0.1, 0.15) is 6.42 Å². The Kier molecular flexibility index (Phi) is 5.75. The Hall–Kier alpha value is -1.87. The number of nitrogens with zero attached hydrogens (tertiary/aromatic N) is 4. The van der Waals surface area contributed by atoms with Gasteiger partial charge in [-0.3, -0.25) is 0 Å². The monoisotopic (exact) mass is 234 g/mol. The zero-order valence-electron chi connectivity index (χ0n) is 10.3.